The van der Waals surface area contributed by atoms with E-state index in [1.54, 1.807) is 0 Å². The Kier molecular flexibility index (Phi) is 6.30. The molecule has 0 amide bonds. The Balaban J connectivity index is 1.89. The average Bonchev–Trinajstić information content (AvgIpc) is 2.47. The number of piperazine rings is 1. The van der Waals surface area contributed by atoms with Crippen molar-refractivity contribution in [1.29, 1.82) is 0 Å². The molecule has 0 bridgehead atoms. The van der Waals surface area contributed by atoms with Crippen LogP contribution in [0.3, 0.4) is 0 Å². The van der Waals surface area contributed by atoms with Gasteiger partial charge in [0.1, 0.15) is 15.6 Å². The highest BCUT2D eigenvalue weighted by molar-refractivity contribution is 7.90. The predicted molar refractivity (Wildman–Crippen MR) is 95.1 cm³/mol. The Morgan fingerprint density at radius 3 is 2.43 bits per heavy atom. The summed E-state index contributed by atoms with van der Waals surface area (Å²) in [6, 6.07) is 8.16. The van der Waals surface area contributed by atoms with Crippen molar-refractivity contribution in [2.75, 3.05) is 56.2 Å². The minimum atomic E-state index is -2.89. The molecule has 0 N–H and O–H groups in total. The largest absolute Gasteiger partial charge is 0.492 e. The van der Waals surface area contributed by atoms with Crippen LogP contribution in [0, 0.1) is 5.92 Å². The van der Waals surface area contributed by atoms with Crippen molar-refractivity contribution < 1.29 is 13.2 Å². The first-order valence-corrected chi connectivity index (χ1v) is 10.3. The maximum absolute atomic E-state index is 11.4. The van der Waals surface area contributed by atoms with E-state index >= 15 is 0 Å². The van der Waals surface area contributed by atoms with Crippen LogP contribution in [0.15, 0.2) is 24.3 Å². The second-order valence-electron chi connectivity index (χ2n) is 6.39. The summed E-state index contributed by atoms with van der Waals surface area (Å²) in [5, 5.41) is 0. The van der Waals surface area contributed by atoms with E-state index in [9.17, 15) is 8.42 Å². The molecule has 1 aromatic rings. The minimum absolute atomic E-state index is 0.173. The molecule has 1 aliphatic rings. The Morgan fingerprint density at radius 1 is 1.17 bits per heavy atom. The SMILES string of the molecule is CCOc1ccccc1N1CCN(CC(C)CS(C)(=O)=O)CC1. The molecule has 1 heterocycles. The summed E-state index contributed by atoms with van der Waals surface area (Å²) >= 11 is 0. The Morgan fingerprint density at radius 2 is 1.83 bits per heavy atom. The molecule has 2 rings (SSSR count). The van der Waals surface area contributed by atoms with Crippen molar-refractivity contribution in [2.24, 2.45) is 5.92 Å². The lowest BCUT2D eigenvalue weighted by atomic mass is 10.1. The van der Waals surface area contributed by atoms with E-state index in [-0.39, 0.29) is 11.7 Å². The molecule has 0 radical (unpaired) electrons. The molecule has 6 heteroatoms. The highest BCUT2D eigenvalue weighted by Crippen LogP contribution is 2.28. The number of para-hydroxylation sites is 2. The second kappa shape index (κ2) is 8.02. The third-order valence-electron chi connectivity index (χ3n) is 4.04. The minimum Gasteiger partial charge on any atom is -0.492 e. The van der Waals surface area contributed by atoms with Crippen LogP contribution in [-0.2, 0) is 9.84 Å². The van der Waals surface area contributed by atoms with Gasteiger partial charge in [0.2, 0.25) is 0 Å². The summed E-state index contributed by atoms with van der Waals surface area (Å²) in [7, 11) is -2.89. The van der Waals surface area contributed by atoms with Crippen molar-refractivity contribution in [3.05, 3.63) is 24.3 Å². The zero-order valence-corrected chi connectivity index (χ0v) is 15.2. The summed E-state index contributed by atoms with van der Waals surface area (Å²) in [5.74, 6) is 1.38. The van der Waals surface area contributed by atoms with E-state index in [1.165, 1.54) is 6.26 Å². The summed E-state index contributed by atoms with van der Waals surface area (Å²) in [5.41, 5.74) is 1.15. The van der Waals surface area contributed by atoms with Crippen LogP contribution in [0.1, 0.15) is 13.8 Å². The smallest absolute Gasteiger partial charge is 0.147 e. The summed E-state index contributed by atoms with van der Waals surface area (Å²) in [4.78, 5) is 4.71. The van der Waals surface area contributed by atoms with Crippen LogP contribution in [0.25, 0.3) is 0 Å². The highest BCUT2D eigenvalue weighted by Gasteiger charge is 2.21. The molecule has 1 aliphatic heterocycles. The lowest BCUT2D eigenvalue weighted by Crippen LogP contribution is -2.48. The van der Waals surface area contributed by atoms with E-state index < -0.39 is 9.84 Å². The van der Waals surface area contributed by atoms with Gasteiger partial charge >= 0.3 is 0 Å². The molecular formula is C17H28N2O3S. The lowest BCUT2D eigenvalue weighted by Gasteiger charge is -2.37. The fraction of sp³-hybridized carbons (Fsp3) is 0.647. The van der Waals surface area contributed by atoms with Crippen LogP contribution in [0.4, 0.5) is 5.69 Å². The van der Waals surface area contributed by atoms with Gasteiger partial charge < -0.3 is 9.64 Å². The lowest BCUT2D eigenvalue weighted by molar-refractivity contribution is 0.231. The van der Waals surface area contributed by atoms with Gasteiger partial charge in [-0.2, -0.15) is 0 Å². The van der Waals surface area contributed by atoms with Gasteiger partial charge in [0.05, 0.1) is 18.0 Å². The molecule has 0 aliphatic carbocycles. The number of rotatable bonds is 7. The predicted octanol–water partition coefficient (Wildman–Crippen LogP) is 1.89. The summed E-state index contributed by atoms with van der Waals surface area (Å²) in [6.07, 6.45) is 1.31. The van der Waals surface area contributed by atoms with Gasteiger partial charge in [-0.1, -0.05) is 19.1 Å². The normalized spacial score (nSPS) is 18.0. The molecule has 130 valence electrons. The molecule has 1 fully saturated rings. The number of hydrogen-bond acceptors (Lipinski definition) is 5. The number of anilines is 1. The van der Waals surface area contributed by atoms with Crippen LogP contribution < -0.4 is 9.64 Å². The van der Waals surface area contributed by atoms with E-state index in [1.807, 2.05) is 32.0 Å². The number of benzene rings is 1. The molecular weight excluding hydrogens is 312 g/mol. The zero-order valence-electron chi connectivity index (χ0n) is 14.4. The number of nitrogens with zero attached hydrogens (tertiary/aromatic N) is 2. The third kappa shape index (κ3) is 5.70. The molecule has 5 nitrogen and oxygen atoms in total. The van der Waals surface area contributed by atoms with Crippen molar-refractivity contribution in [3.8, 4) is 5.75 Å². The van der Waals surface area contributed by atoms with Gasteiger partial charge in [0, 0.05) is 39.0 Å². The Labute approximate surface area is 140 Å². The van der Waals surface area contributed by atoms with Crippen LogP contribution in [0.2, 0.25) is 0 Å². The Hall–Kier alpha value is -1.27. The zero-order chi connectivity index (χ0) is 16.9. The maximum Gasteiger partial charge on any atom is 0.147 e. The fourth-order valence-corrected chi connectivity index (χ4v) is 4.32. The van der Waals surface area contributed by atoms with Crippen molar-refractivity contribution in [1.82, 2.24) is 4.90 Å². The molecule has 0 aromatic heterocycles. The third-order valence-corrected chi connectivity index (χ3v) is 5.21. The second-order valence-corrected chi connectivity index (χ2v) is 8.57. The monoisotopic (exact) mass is 340 g/mol. The first kappa shape index (κ1) is 18.1. The van der Waals surface area contributed by atoms with Crippen LogP contribution in [0.5, 0.6) is 5.75 Å². The van der Waals surface area contributed by atoms with Gasteiger partial charge in [0.15, 0.2) is 0 Å². The van der Waals surface area contributed by atoms with Gasteiger partial charge in [-0.3, -0.25) is 4.90 Å². The van der Waals surface area contributed by atoms with E-state index in [0.29, 0.717) is 6.61 Å². The number of hydrogen-bond donors (Lipinski definition) is 0. The molecule has 0 spiro atoms. The van der Waals surface area contributed by atoms with Crippen molar-refractivity contribution in [3.63, 3.8) is 0 Å². The number of sulfone groups is 1. The van der Waals surface area contributed by atoms with E-state index in [4.69, 9.17) is 4.74 Å². The van der Waals surface area contributed by atoms with Crippen LogP contribution >= 0.6 is 0 Å². The van der Waals surface area contributed by atoms with Gasteiger partial charge in [-0.15, -0.1) is 0 Å². The molecule has 0 saturated carbocycles. The molecule has 1 atom stereocenters. The summed E-state index contributed by atoms with van der Waals surface area (Å²) in [6.45, 7) is 9.30. The quantitative estimate of drug-likeness (QED) is 0.759. The van der Waals surface area contributed by atoms with Crippen LogP contribution in [-0.4, -0.2) is 64.7 Å². The van der Waals surface area contributed by atoms with E-state index in [2.05, 4.69) is 15.9 Å². The Bertz CT molecular complexity index is 596. The molecule has 1 saturated heterocycles. The van der Waals surface area contributed by atoms with Gasteiger partial charge in [-0.05, 0) is 25.0 Å². The first-order chi connectivity index (χ1) is 10.9. The van der Waals surface area contributed by atoms with Gasteiger partial charge in [0.25, 0.3) is 0 Å². The average molecular weight is 340 g/mol. The number of ether oxygens (including phenoxy) is 1. The van der Waals surface area contributed by atoms with Crippen molar-refractivity contribution in [2.45, 2.75) is 13.8 Å². The molecule has 1 aromatic carbocycles. The maximum atomic E-state index is 11.4. The molecule has 23 heavy (non-hydrogen) atoms. The standard InChI is InChI=1S/C17H28N2O3S/c1-4-22-17-8-6-5-7-16(17)19-11-9-18(10-12-19)13-15(2)14-23(3,20)21/h5-8,15H,4,9-14H2,1-3H3. The van der Waals surface area contributed by atoms with Crippen molar-refractivity contribution >= 4 is 15.5 Å². The fourth-order valence-electron chi connectivity index (χ4n) is 3.18. The van der Waals surface area contributed by atoms with E-state index in [0.717, 1.165) is 44.2 Å². The first-order valence-electron chi connectivity index (χ1n) is 8.26. The summed E-state index contributed by atoms with van der Waals surface area (Å²) < 4.78 is 28.5. The molecule has 1 unspecified atom stereocenters. The topological polar surface area (TPSA) is 49.9 Å². The highest BCUT2D eigenvalue weighted by atomic mass is 32.2. The van der Waals surface area contributed by atoms with Gasteiger partial charge in [-0.25, -0.2) is 8.42 Å².